The Morgan fingerprint density at radius 3 is 2.54 bits per heavy atom. The fraction of sp³-hybridized carbons (Fsp3) is 0.588. The van der Waals surface area contributed by atoms with E-state index < -0.39 is 23.8 Å². The number of alkyl halides is 3. The van der Waals surface area contributed by atoms with E-state index in [9.17, 15) is 18.0 Å². The number of aliphatic hydroxyl groups is 1. The molecule has 136 valence electrons. The summed E-state index contributed by atoms with van der Waals surface area (Å²) in [5, 5.41) is 14.4. The number of hydrogen-bond donors (Lipinski definition) is 3. The van der Waals surface area contributed by atoms with E-state index in [-0.39, 0.29) is 12.0 Å². The summed E-state index contributed by atoms with van der Waals surface area (Å²) < 4.78 is 38.1. The second kappa shape index (κ2) is 8.37. The average Bonchev–Trinajstić information content (AvgIpc) is 2.51. The lowest BCUT2D eigenvalue weighted by Crippen LogP contribution is -2.37. The Labute approximate surface area is 140 Å². The van der Waals surface area contributed by atoms with Gasteiger partial charge in [0.15, 0.2) is 0 Å². The van der Waals surface area contributed by atoms with Gasteiger partial charge in [-0.1, -0.05) is 26.0 Å². The summed E-state index contributed by atoms with van der Waals surface area (Å²) >= 11 is 0. The van der Waals surface area contributed by atoms with Gasteiger partial charge >= 0.3 is 12.2 Å². The molecule has 1 atom stereocenters. The van der Waals surface area contributed by atoms with Crippen molar-refractivity contribution in [2.24, 2.45) is 5.41 Å². The molecule has 1 aromatic carbocycles. The predicted molar refractivity (Wildman–Crippen MR) is 86.5 cm³/mol. The van der Waals surface area contributed by atoms with Crippen molar-refractivity contribution in [2.45, 2.75) is 45.8 Å². The highest BCUT2D eigenvalue weighted by Gasteiger charge is 2.30. The van der Waals surface area contributed by atoms with Crippen molar-refractivity contribution in [3.05, 3.63) is 35.4 Å². The van der Waals surface area contributed by atoms with Crippen molar-refractivity contribution in [3.8, 4) is 0 Å². The maximum absolute atomic E-state index is 12.7. The van der Waals surface area contributed by atoms with Crippen LogP contribution in [-0.2, 0) is 6.18 Å². The largest absolute Gasteiger partial charge is 0.416 e. The minimum Gasteiger partial charge on any atom is -0.396 e. The first-order chi connectivity index (χ1) is 11.0. The highest BCUT2D eigenvalue weighted by molar-refractivity contribution is 5.74. The number of benzene rings is 1. The van der Waals surface area contributed by atoms with Crippen LogP contribution in [0.2, 0.25) is 0 Å². The predicted octanol–water partition coefficient (Wildman–Crippen LogP) is 3.86. The van der Waals surface area contributed by atoms with Gasteiger partial charge in [-0.05, 0) is 42.9 Å². The third kappa shape index (κ3) is 6.78. The Bertz CT molecular complexity index is 545. The molecule has 1 rings (SSSR count). The summed E-state index contributed by atoms with van der Waals surface area (Å²) in [6.45, 7) is 6.01. The Balaban J connectivity index is 2.47. The van der Waals surface area contributed by atoms with Crippen molar-refractivity contribution < 1.29 is 23.1 Å². The number of rotatable bonds is 7. The molecule has 0 aliphatic carbocycles. The molecule has 0 bridgehead atoms. The van der Waals surface area contributed by atoms with Crippen LogP contribution >= 0.6 is 0 Å². The Kier molecular flexibility index (Phi) is 7.08. The number of hydrogen-bond acceptors (Lipinski definition) is 2. The minimum absolute atomic E-state index is 0.0752. The molecular formula is C17H25F3N2O2. The summed E-state index contributed by atoms with van der Waals surface area (Å²) in [4.78, 5) is 11.8. The molecule has 1 unspecified atom stereocenters. The van der Waals surface area contributed by atoms with Gasteiger partial charge in [-0.2, -0.15) is 13.2 Å². The van der Waals surface area contributed by atoms with Crippen LogP contribution in [0.4, 0.5) is 18.0 Å². The molecule has 0 saturated heterocycles. The highest BCUT2D eigenvalue weighted by atomic mass is 19.4. The number of urea groups is 1. The Morgan fingerprint density at radius 2 is 1.96 bits per heavy atom. The molecular weight excluding hydrogens is 321 g/mol. The molecule has 0 saturated carbocycles. The maximum Gasteiger partial charge on any atom is 0.416 e. The molecule has 0 radical (unpaired) electrons. The number of aliphatic hydroxyl groups excluding tert-OH is 1. The molecule has 3 N–H and O–H groups in total. The standard InChI is InChI=1S/C17H25F3N2O2/c1-12(13-6-4-7-14(10-13)17(18,19)20)22-15(24)21-9-5-8-16(2,3)11-23/h4,6-7,10,12,23H,5,8-9,11H2,1-3H3,(H2,21,22,24). The van der Waals surface area contributed by atoms with Gasteiger partial charge in [0.2, 0.25) is 0 Å². The second-order valence-corrected chi connectivity index (χ2v) is 6.67. The van der Waals surface area contributed by atoms with Crippen molar-refractivity contribution in [2.75, 3.05) is 13.2 Å². The van der Waals surface area contributed by atoms with E-state index >= 15 is 0 Å². The van der Waals surface area contributed by atoms with E-state index in [0.29, 0.717) is 18.5 Å². The summed E-state index contributed by atoms with van der Waals surface area (Å²) in [7, 11) is 0. The van der Waals surface area contributed by atoms with Gasteiger partial charge in [0.25, 0.3) is 0 Å². The molecule has 0 aliphatic heterocycles. The first kappa shape index (κ1) is 20.3. The number of halogens is 3. The van der Waals surface area contributed by atoms with E-state index in [0.717, 1.165) is 18.6 Å². The first-order valence-corrected chi connectivity index (χ1v) is 7.87. The van der Waals surface area contributed by atoms with E-state index in [2.05, 4.69) is 10.6 Å². The molecule has 0 spiro atoms. The molecule has 24 heavy (non-hydrogen) atoms. The maximum atomic E-state index is 12.7. The van der Waals surface area contributed by atoms with Crippen LogP contribution in [0.15, 0.2) is 24.3 Å². The minimum atomic E-state index is -4.41. The number of amides is 2. The zero-order chi connectivity index (χ0) is 18.4. The van der Waals surface area contributed by atoms with Crippen LogP contribution in [0.1, 0.15) is 50.8 Å². The molecule has 4 nitrogen and oxygen atoms in total. The van der Waals surface area contributed by atoms with E-state index in [1.54, 1.807) is 13.0 Å². The third-order valence-electron chi connectivity index (χ3n) is 3.81. The van der Waals surface area contributed by atoms with Gasteiger partial charge in [-0.3, -0.25) is 0 Å². The zero-order valence-electron chi connectivity index (χ0n) is 14.2. The fourth-order valence-corrected chi connectivity index (χ4v) is 2.16. The number of carbonyl (C=O) groups excluding carboxylic acids is 1. The number of carbonyl (C=O) groups is 1. The molecule has 2 amide bonds. The van der Waals surface area contributed by atoms with Crippen LogP contribution in [-0.4, -0.2) is 24.3 Å². The monoisotopic (exact) mass is 346 g/mol. The van der Waals surface area contributed by atoms with E-state index in [1.165, 1.54) is 6.07 Å². The Hall–Kier alpha value is -1.76. The first-order valence-electron chi connectivity index (χ1n) is 7.87. The lowest BCUT2D eigenvalue weighted by molar-refractivity contribution is -0.137. The summed E-state index contributed by atoms with van der Waals surface area (Å²) in [5.74, 6) is 0. The van der Waals surface area contributed by atoms with Crippen LogP contribution < -0.4 is 10.6 Å². The average molecular weight is 346 g/mol. The van der Waals surface area contributed by atoms with Crippen LogP contribution in [0.3, 0.4) is 0 Å². The van der Waals surface area contributed by atoms with Crippen LogP contribution in [0.25, 0.3) is 0 Å². The third-order valence-corrected chi connectivity index (χ3v) is 3.81. The molecule has 0 aromatic heterocycles. The smallest absolute Gasteiger partial charge is 0.396 e. The second-order valence-electron chi connectivity index (χ2n) is 6.67. The molecule has 1 aromatic rings. The van der Waals surface area contributed by atoms with E-state index in [4.69, 9.17) is 5.11 Å². The fourth-order valence-electron chi connectivity index (χ4n) is 2.16. The van der Waals surface area contributed by atoms with Crippen molar-refractivity contribution in [3.63, 3.8) is 0 Å². The van der Waals surface area contributed by atoms with Gasteiger partial charge in [-0.25, -0.2) is 4.79 Å². The topological polar surface area (TPSA) is 61.4 Å². The molecule has 0 fully saturated rings. The SMILES string of the molecule is CC(NC(=O)NCCCC(C)(C)CO)c1cccc(C(F)(F)F)c1. The summed E-state index contributed by atoms with van der Waals surface area (Å²) in [6.07, 6.45) is -2.94. The van der Waals surface area contributed by atoms with Gasteiger partial charge < -0.3 is 15.7 Å². The van der Waals surface area contributed by atoms with Crippen molar-refractivity contribution >= 4 is 6.03 Å². The Morgan fingerprint density at radius 1 is 1.29 bits per heavy atom. The quantitative estimate of drug-likeness (QED) is 0.657. The van der Waals surface area contributed by atoms with Gasteiger partial charge in [0.05, 0.1) is 11.6 Å². The zero-order valence-corrected chi connectivity index (χ0v) is 14.2. The van der Waals surface area contributed by atoms with Gasteiger partial charge in [0.1, 0.15) is 0 Å². The van der Waals surface area contributed by atoms with Crippen molar-refractivity contribution in [1.29, 1.82) is 0 Å². The van der Waals surface area contributed by atoms with E-state index in [1.807, 2.05) is 13.8 Å². The number of nitrogens with one attached hydrogen (secondary N) is 2. The summed E-state index contributed by atoms with van der Waals surface area (Å²) in [6, 6.07) is 3.94. The lowest BCUT2D eigenvalue weighted by Gasteiger charge is -2.21. The van der Waals surface area contributed by atoms with Crippen LogP contribution in [0, 0.1) is 5.41 Å². The van der Waals surface area contributed by atoms with Gasteiger partial charge in [-0.15, -0.1) is 0 Å². The molecule has 7 heteroatoms. The van der Waals surface area contributed by atoms with Crippen molar-refractivity contribution in [1.82, 2.24) is 10.6 Å². The van der Waals surface area contributed by atoms with Gasteiger partial charge in [0, 0.05) is 13.2 Å². The molecule has 0 heterocycles. The highest BCUT2D eigenvalue weighted by Crippen LogP contribution is 2.30. The summed E-state index contributed by atoms with van der Waals surface area (Å²) in [5.41, 5.74) is -0.537. The normalized spacial score (nSPS) is 13.5. The molecule has 0 aliphatic rings. The lowest BCUT2D eigenvalue weighted by atomic mass is 9.89. The van der Waals surface area contributed by atoms with Crippen LogP contribution in [0.5, 0.6) is 0 Å².